The molecule has 0 bridgehead atoms. The van der Waals surface area contributed by atoms with Gasteiger partial charge in [-0.15, -0.1) is 11.3 Å². The molecule has 3 nitrogen and oxygen atoms in total. The minimum absolute atomic E-state index is 0.123. The summed E-state index contributed by atoms with van der Waals surface area (Å²) < 4.78 is 0. The van der Waals surface area contributed by atoms with Gasteiger partial charge in [0.25, 0.3) is 5.91 Å². The molecule has 1 fully saturated rings. The number of piperidine rings is 1. The van der Waals surface area contributed by atoms with Gasteiger partial charge < -0.3 is 10.6 Å². The molecule has 1 aromatic heterocycles. The fourth-order valence-electron chi connectivity index (χ4n) is 3.24. The third kappa shape index (κ3) is 2.91. The largest absolute Gasteiger partial charge is 0.347 e. The summed E-state index contributed by atoms with van der Waals surface area (Å²) in [6.45, 7) is 6.50. The van der Waals surface area contributed by atoms with Crippen LogP contribution in [-0.4, -0.2) is 25.0 Å². The number of thiophene rings is 1. The van der Waals surface area contributed by atoms with E-state index in [1.54, 1.807) is 11.3 Å². The van der Waals surface area contributed by atoms with Crippen LogP contribution in [0, 0.1) is 11.8 Å². The molecule has 2 aliphatic rings. The molecule has 0 radical (unpaired) electrons. The first kappa shape index (κ1) is 14.1. The molecule has 3 rings (SSSR count). The minimum Gasteiger partial charge on any atom is -0.347 e. The first-order chi connectivity index (χ1) is 9.63. The number of nitrogens with one attached hydrogen (secondary N) is 2. The molecule has 1 aromatic rings. The van der Waals surface area contributed by atoms with Crippen LogP contribution >= 0.6 is 11.3 Å². The second kappa shape index (κ2) is 5.86. The Morgan fingerprint density at radius 3 is 3.05 bits per heavy atom. The van der Waals surface area contributed by atoms with Gasteiger partial charge in [0.1, 0.15) is 0 Å². The van der Waals surface area contributed by atoms with Crippen LogP contribution < -0.4 is 10.6 Å². The smallest absolute Gasteiger partial charge is 0.261 e. The van der Waals surface area contributed by atoms with E-state index in [0.29, 0.717) is 5.92 Å². The lowest BCUT2D eigenvalue weighted by Gasteiger charge is -2.30. The molecule has 2 heterocycles. The van der Waals surface area contributed by atoms with E-state index in [0.717, 1.165) is 43.1 Å². The molecule has 1 aliphatic carbocycles. The van der Waals surface area contributed by atoms with E-state index in [4.69, 9.17) is 0 Å². The third-order valence-corrected chi connectivity index (χ3v) is 5.93. The zero-order chi connectivity index (χ0) is 14.1. The standard InChI is InChI=1S/C16H24N2OS/c1-10-3-4-14-12(7-10)8-15(20-14)16(19)18-13-9-17-6-5-11(13)2/h8,10-11,13,17H,3-7,9H2,1-2H3,(H,18,19). The number of aryl methyl sites for hydroxylation is 1. The molecule has 110 valence electrons. The molecule has 3 atom stereocenters. The van der Waals surface area contributed by atoms with Crippen LogP contribution in [0.5, 0.6) is 0 Å². The highest BCUT2D eigenvalue weighted by Crippen LogP contribution is 2.32. The number of carbonyl (C=O) groups excluding carboxylic acids is 1. The van der Waals surface area contributed by atoms with Crippen LogP contribution in [0.4, 0.5) is 0 Å². The van der Waals surface area contributed by atoms with Gasteiger partial charge in [0, 0.05) is 17.5 Å². The average molecular weight is 292 g/mol. The van der Waals surface area contributed by atoms with Crippen molar-refractivity contribution in [3.8, 4) is 0 Å². The lowest BCUT2D eigenvalue weighted by Crippen LogP contribution is -2.50. The SMILES string of the molecule is CC1CCc2sc(C(=O)NC3CNCCC3C)cc2C1. The highest BCUT2D eigenvalue weighted by molar-refractivity contribution is 7.14. The van der Waals surface area contributed by atoms with Gasteiger partial charge in [0.15, 0.2) is 0 Å². The molecule has 1 amide bonds. The van der Waals surface area contributed by atoms with E-state index >= 15 is 0 Å². The van der Waals surface area contributed by atoms with E-state index in [2.05, 4.69) is 30.5 Å². The normalized spacial score (nSPS) is 29.8. The van der Waals surface area contributed by atoms with Gasteiger partial charge in [-0.2, -0.15) is 0 Å². The molecule has 2 N–H and O–H groups in total. The van der Waals surface area contributed by atoms with Crippen LogP contribution in [0.25, 0.3) is 0 Å². The molecule has 0 saturated carbocycles. The second-order valence-corrected chi connectivity index (χ2v) is 7.59. The van der Waals surface area contributed by atoms with Crippen molar-refractivity contribution in [2.75, 3.05) is 13.1 Å². The Balaban J connectivity index is 1.68. The van der Waals surface area contributed by atoms with Gasteiger partial charge in [0.05, 0.1) is 4.88 Å². The molecule has 1 saturated heterocycles. The Kier molecular flexibility index (Phi) is 4.13. The third-order valence-electron chi connectivity index (χ3n) is 4.70. The van der Waals surface area contributed by atoms with Gasteiger partial charge in [-0.25, -0.2) is 0 Å². The predicted molar refractivity (Wildman–Crippen MR) is 83.4 cm³/mol. The average Bonchev–Trinajstić information content (AvgIpc) is 2.84. The molecule has 4 heteroatoms. The van der Waals surface area contributed by atoms with E-state index in [1.165, 1.54) is 16.9 Å². The molecule has 20 heavy (non-hydrogen) atoms. The first-order valence-electron chi connectivity index (χ1n) is 7.76. The van der Waals surface area contributed by atoms with Crippen LogP contribution in [0.3, 0.4) is 0 Å². The van der Waals surface area contributed by atoms with Crippen molar-refractivity contribution < 1.29 is 4.79 Å². The lowest BCUT2D eigenvalue weighted by molar-refractivity contribution is 0.0919. The Labute approximate surface area is 125 Å². The van der Waals surface area contributed by atoms with Crippen LogP contribution in [0.1, 0.15) is 46.8 Å². The van der Waals surface area contributed by atoms with Gasteiger partial charge in [-0.05, 0) is 55.7 Å². The molecule has 3 unspecified atom stereocenters. The zero-order valence-corrected chi connectivity index (χ0v) is 13.2. The van der Waals surface area contributed by atoms with E-state index in [-0.39, 0.29) is 11.9 Å². The van der Waals surface area contributed by atoms with Crippen molar-refractivity contribution in [1.82, 2.24) is 10.6 Å². The van der Waals surface area contributed by atoms with Crippen molar-refractivity contribution >= 4 is 17.2 Å². The maximum Gasteiger partial charge on any atom is 0.261 e. The Morgan fingerprint density at radius 2 is 2.25 bits per heavy atom. The summed E-state index contributed by atoms with van der Waals surface area (Å²) in [4.78, 5) is 14.8. The highest BCUT2D eigenvalue weighted by atomic mass is 32.1. The van der Waals surface area contributed by atoms with Crippen LogP contribution in [0.2, 0.25) is 0 Å². The lowest BCUT2D eigenvalue weighted by atomic mass is 9.90. The summed E-state index contributed by atoms with van der Waals surface area (Å²) in [5, 5.41) is 6.58. The predicted octanol–water partition coefficient (Wildman–Crippen LogP) is 2.60. The summed E-state index contributed by atoms with van der Waals surface area (Å²) in [6, 6.07) is 2.40. The number of hydrogen-bond acceptors (Lipinski definition) is 3. The van der Waals surface area contributed by atoms with Crippen molar-refractivity contribution in [2.24, 2.45) is 11.8 Å². The maximum absolute atomic E-state index is 12.4. The van der Waals surface area contributed by atoms with Gasteiger partial charge in [0.2, 0.25) is 0 Å². The van der Waals surface area contributed by atoms with E-state index in [9.17, 15) is 4.79 Å². The minimum atomic E-state index is 0.123. The topological polar surface area (TPSA) is 41.1 Å². The maximum atomic E-state index is 12.4. The molecule has 0 spiro atoms. The summed E-state index contributed by atoms with van der Waals surface area (Å²) in [5.41, 5.74) is 1.41. The van der Waals surface area contributed by atoms with Crippen molar-refractivity contribution in [3.05, 3.63) is 21.4 Å². The van der Waals surface area contributed by atoms with E-state index < -0.39 is 0 Å². The number of fused-ring (bicyclic) bond motifs is 1. The Morgan fingerprint density at radius 1 is 1.40 bits per heavy atom. The fraction of sp³-hybridized carbons (Fsp3) is 0.688. The summed E-state index contributed by atoms with van der Waals surface area (Å²) in [6.07, 6.45) is 4.69. The zero-order valence-electron chi connectivity index (χ0n) is 12.4. The number of rotatable bonds is 2. The monoisotopic (exact) mass is 292 g/mol. The number of carbonyl (C=O) groups is 1. The van der Waals surface area contributed by atoms with Crippen LogP contribution in [-0.2, 0) is 12.8 Å². The summed E-state index contributed by atoms with van der Waals surface area (Å²) >= 11 is 1.70. The van der Waals surface area contributed by atoms with Crippen molar-refractivity contribution in [3.63, 3.8) is 0 Å². The van der Waals surface area contributed by atoms with Crippen molar-refractivity contribution in [1.29, 1.82) is 0 Å². The Hall–Kier alpha value is -0.870. The summed E-state index contributed by atoms with van der Waals surface area (Å²) in [5.74, 6) is 1.45. The quantitative estimate of drug-likeness (QED) is 0.880. The second-order valence-electron chi connectivity index (χ2n) is 6.46. The molecule has 1 aliphatic heterocycles. The number of hydrogen-bond donors (Lipinski definition) is 2. The number of amides is 1. The van der Waals surface area contributed by atoms with Gasteiger partial charge in [-0.3, -0.25) is 4.79 Å². The highest BCUT2D eigenvalue weighted by Gasteiger charge is 2.25. The molecule has 0 aromatic carbocycles. The summed E-state index contributed by atoms with van der Waals surface area (Å²) in [7, 11) is 0. The van der Waals surface area contributed by atoms with E-state index in [1.807, 2.05) is 0 Å². The molecular weight excluding hydrogens is 268 g/mol. The van der Waals surface area contributed by atoms with Crippen LogP contribution in [0.15, 0.2) is 6.07 Å². The van der Waals surface area contributed by atoms with Gasteiger partial charge in [-0.1, -0.05) is 13.8 Å². The Bertz CT molecular complexity index is 497. The van der Waals surface area contributed by atoms with Crippen molar-refractivity contribution in [2.45, 2.75) is 45.6 Å². The van der Waals surface area contributed by atoms with Gasteiger partial charge >= 0.3 is 0 Å². The molecular formula is C16H24N2OS. The first-order valence-corrected chi connectivity index (χ1v) is 8.58. The fourth-order valence-corrected chi connectivity index (χ4v) is 4.35.